The molecule has 0 aliphatic carbocycles. The summed E-state index contributed by atoms with van der Waals surface area (Å²) >= 11 is 0. The molecule has 2 aromatic carbocycles. The number of anilines is 1. The number of rotatable bonds is 6. The van der Waals surface area contributed by atoms with Crippen molar-refractivity contribution in [1.82, 2.24) is 24.8 Å². The van der Waals surface area contributed by atoms with Crippen molar-refractivity contribution in [2.45, 2.75) is 25.9 Å². The Morgan fingerprint density at radius 1 is 0.972 bits per heavy atom. The number of carbonyl (C=O) groups excluding carboxylic acids is 1. The van der Waals surface area contributed by atoms with Crippen molar-refractivity contribution in [3.05, 3.63) is 95.1 Å². The van der Waals surface area contributed by atoms with E-state index in [1.165, 1.54) is 17.7 Å². The number of aromatic nitrogens is 3. The third-order valence-corrected chi connectivity index (χ3v) is 7.13. The minimum atomic E-state index is -0.272. The van der Waals surface area contributed by atoms with Gasteiger partial charge in [-0.05, 0) is 36.2 Å². The highest BCUT2D eigenvalue weighted by Gasteiger charge is 2.38. The normalized spacial score (nSPS) is 15.9. The lowest BCUT2D eigenvalue weighted by molar-refractivity contribution is -0.137. The first-order valence-electron chi connectivity index (χ1n) is 12.5. The molecular formula is C28H29FN6O. The Balaban J connectivity index is 1.24. The van der Waals surface area contributed by atoms with Crippen molar-refractivity contribution >= 4 is 17.4 Å². The van der Waals surface area contributed by atoms with Crippen LogP contribution in [-0.2, 0) is 30.7 Å². The monoisotopic (exact) mass is 484 g/mol. The second kappa shape index (κ2) is 9.70. The summed E-state index contributed by atoms with van der Waals surface area (Å²) in [6, 6.07) is 18.4. The molecule has 0 atom stereocenters. The molecule has 0 saturated carbocycles. The molecule has 8 heteroatoms. The van der Waals surface area contributed by atoms with E-state index in [1.807, 2.05) is 45.8 Å². The van der Waals surface area contributed by atoms with Crippen molar-refractivity contribution in [3.8, 4) is 0 Å². The van der Waals surface area contributed by atoms with Gasteiger partial charge in [0.1, 0.15) is 11.6 Å². The Labute approximate surface area is 209 Å². The number of nitrogens with zero attached hydrogens (tertiary/aromatic N) is 5. The predicted molar refractivity (Wildman–Crippen MR) is 136 cm³/mol. The maximum absolute atomic E-state index is 13.7. The van der Waals surface area contributed by atoms with E-state index >= 15 is 0 Å². The van der Waals surface area contributed by atoms with Gasteiger partial charge in [-0.25, -0.2) is 9.37 Å². The molecule has 1 amide bonds. The molecule has 2 aromatic heterocycles. The van der Waals surface area contributed by atoms with Crippen LogP contribution in [0.1, 0.15) is 22.4 Å². The topological polar surface area (TPSA) is 65.8 Å². The van der Waals surface area contributed by atoms with Gasteiger partial charge in [-0.15, -0.1) is 0 Å². The van der Waals surface area contributed by atoms with Gasteiger partial charge in [0.05, 0.1) is 17.8 Å². The van der Waals surface area contributed by atoms with Crippen LogP contribution in [0.4, 0.5) is 10.2 Å². The number of halogens is 1. The SMILES string of the molecule is O=C(C1CN(c2c3c(nc4ccnn24)CCNCC3)C1)N(Cc1ccccc1)Cc1ccc(F)cc1. The number of benzene rings is 2. The highest BCUT2D eigenvalue weighted by Crippen LogP contribution is 2.32. The first-order chi connectivity index (χ1) is 17.7. The van der Waals surface area contributed by atoms with Crippen molar-refractivity contribution < 1.29 is 9.18 Å². The summed E-state index contributed by atoms with van der Waals surface area (Å²) in [4.78, 5) is 22.7. The molecule has 4 heterocycles. The Hall–Kier alpha value is -3.78. The first kappa shape index (κ1) is 22.7. The number of hydrogen-bond donors (Lipinski definition) is 1. The lowest BCUT2D eigenvalue weighted by atomic mass is 9.96. The van der Waals surface area contributed by atoms with E-state index in [1.54, 1.807) is 18.3 Å². The average molecular weight is 485 g/mol. The van der Waals surface area contributed by atoms with Gasteiger partial charge >= 0.3 is 0 Å². The molecule has 4 aromatic rings. The van der Waals surface area contributed by atoms with Crippen molar-refractivity contribution in [2.75, 3.05) is 31.1 Å². The van der Waals surface area contributed by atoms with Crippen LogP contribution in [0.5, 0.6) is 0 Å². The molecule has 0 radical (unpaired) electrons. The number of nitrogens with one attached hydrogen (secondary N) is 1. The molecule has 36 heavy (non-hydrogen) atoms. The van der Waals surface area contributed by atoms with Gasteiger partial charge in [0.15, 0.2) is 5.65 Å². The molecule has 1 N–H and O–H groups in total. The number of amides is 1. The fraction of sp³-hybridized carbons (Fsp3) is 0.321. The van der Waals surface area contributed by atoms with E-state index in [2.05, 4.69) is 15.3 Å². The van der Waals surface area contributed by atoms with E-state index in [0.29, 0.717) is 26.2 Å². The van der Waals surface area contributed by atoms with Crippen LogP contribution in [-0.4, -0.2) is 51.6 Å². The highest BCUT2D eigenvalue weighted by atomic mass is 19.1. The molecule has 0 spiro atoms. The van der Waals surface area contributed by atoms with E-state index in [4.69, 9.17) is 4.98 Å². The summed E-state index contributed by atoms with van der Waals surface area (Å²) in [7, 11) is 0. The van der Waals surface area contributed by atoms with Gasteiger partial charge in [0.25, 0.3) is 0 Å². The zero-order chi connectivity index (χ0) is 24.5. The Kier molecular flexibility index (Phi) is 6.11. The van der Waals surface area contributed by atoms with Gasteiger partial charge in [-0.3, -0.25) is 4.79 Å². The Morgan fingerprint density at radius 2 is 1.69 bits per heavy atom. The van der Waals surface area contributed by atoms with Gasteiger partial charge in [-0.2, -0.15) is 9.61 Å². The molecule has 2 aliphatic heterocycles. The van der Waals surface area contributed by atoms with E-state index in [9.17, 15) is 9.18 Å². The lowest BCUT2D eigenvalue weighted by Gasteiger charge is -2.43. The minimum Gasteiger partial charge on any atom is -0.354 e. The molecule has 2 aliphatic rings. The summed E-state index contributed by atoms with van der Waals surface area (Å²) in [5.74, 6) is 0.817. The van der Waals surface area contributed by atoms with Gasteiger partial charge < -0.3 is 15.1 Å². The zero-order valence-electron chi connectivity index (χ0n) is 20.1. The number of hydrogen-bond acceptors (Lipinski definition) is 5. The van der Waals surface area contributed by atoms with Gasteiger partial charge in [0.2, 0.25) is 5.91 Å². The van der Waals surface area contributed by atoms with Crippen molar-refractivity contribution in [3.63, 3.8) is 0 Å². The molecule has 0 unspecified atom stereocenters. The first-order valence-corrected chi connectivity index (χ1v) is 12.5. The molecule has 1 saturated heterocycles. The molecule has 184 valence electrons. The van der Waals surface area contributed by atoms with E-state index < -0.39 is 0 Å². The third-order valence-electron chi connectivity index (χ3n) is 7.13. The number of fused-ring (bicyclic) bond motifs is 2. The zero-order valence-corrected chi connectivity index (χ0v) is 20.1. The third kappa shape index (κ3) is 4.44. The lowest BCUT2D eigenvalue weighted by Crippen LogP contribution is -2.55. The Morgan fingerprint density at radius 3 is 2.47 bits per heavy atom. The highest BCUT2D eigenvalue weighted by molar-refractivity contribution is 5.82. The number of carbonyl (C=O) groups is 1. The van der Waals surface area contributed by atoms with Gasteiger partial charge in [-0.1, -0.05) is 42.5 Å². The molecule has 6 rings (SSSR count). The fourth-order valence-corrected chi connectivity index (χ4v) is 5.23. The predicted octanol–water partition coefficient (Wildman–Crippen LogP) is 3.22. The molecule has 7 nitrogen and oxygen atoms in total. The van der Waals surface area contributed by atoms with Gasteiger partial charge in [0, 0.05) is 50.8 Å². The summed E-state index contributed by atoms with van der Waals surface area (Å²) in [5.41, 5.74) is 5.20. The summed E-state index contributed by atoms with van der Waals surface area (Å²) < 4.78 is 15.4. The van der Waals surface area contributed by atoms with Crippen LogP contribution in [0.2, 0.25) is 0 Å². The average Bonchev–Trinajstić information content (AvgIpc) is 3.21. The summed E-state index contributed by atoms with van der Waals surface area (Å²) in [6.45, 7) is 4.09. The molecular weight excluding hydrogens is 455 g/mol. The standard InChI is InChI=1S/C28H29FN6O/c29-23-8-6-21(7-9-23)17-34(16-20-4-2-1-3-5-20)28(36)22-18-33(19-22)27-24-10-13-30-14-11-25(24)32-26-12-15-31-35(26)27/h1-9,12,15,22,30H,10-11,13-14,16-19H2. The van der Waals surface area contributed by atoms with Crippen molar-refractivity contribution in [1.29, 1.82) is 0 Å². The summed E-state index contributed by atoms with van der Waals surface area (Å²) in [6.07, 6.45) is 3.58. The molecule has 1 fully saturated rings. The van der Waals surface area contributed by atoms with E-state index in [-0.39, 0.29) is 17.6 Å². The minimum absolute atomic E-state index is 0.104. The quantitative estimate of drug-likeness (QED) is 0.455. The maximum Gasteiger partial charge on any atom is 0.229 e. The van der Waals surface area contributed by atoms with Crippen LogP contribution in [0, 0.1) is 11.7 Å². The van der Waals surface area contributed by atoms with Crippen LogP contribution in [0.25, 0.3) is 5.65 Å². The van der Waals surface area contributed by atoms with Crippen LogP contribution in [0.3, 0.4) is 0 Å². The largest absolute Gasteiger partial charge is 0.354 e. The fourth-order valence-electron chi connectivity index (χ4n) is 5.23. The van der Waals surface area contributed by atoms with E-state index in [0.717, 1.165) is 54.2 Å². The molecule has 0 bridgehead atoms. The van der Waals surface area contributed by atoms with Crippen LogP contribution >= 0.6 is 0 Å². The second-order valence-corrected chi connectivity index (χ2v) is 9.62. The summed E-state index contributed by atoms with van der Waals surface area (Å²) in [5, 5.41) is 8.01. The van der Waals surface area contributed by atoms with Crippen molar-refractivity contribution in [2.24, 2.45) is 5.92 Å². The van der Waals surface area contributed by atoms with Crippen LogP contribution < -0.4 is 10.2 Å². The second-order valence-electron chi connectivity index (χ2n) is 9.62. The Bertz CT molecular complexity index is 1360. The smallest absolute Gasteiger partial charge is 0.229 e. The van der Waals surface area contributed by atoms with Crippen LogP contribution in [0.15, 0.2) is 66.9 Å². The maximum atomic E-state index is 13.7.